The molecule has 1 aromatic heterocycles. The van der Waals surface area contributed by atoms with Crippen LogP contribution in [0.15, 0.2) is 24.4 Å². The average Bonchev–Trinajstić information content (AvgIpc) is 2.99. The van der Waals surface area contributed by atoms with Crippen molar-refractivity contribution in [3.63, 3.8) is 0 Å². The third kappa shape index (κ3) is 3.73. The molecule has 3 N–H and O–H groups in total. The Labute approximate surface area is 153 Å². The van der Waals surface area contributed by atoms with Crippen molar-refractivity contribution in [2.45, 2.75) is 19.9 Å². The van der Waals surface area contributed by atoms with E-state index in [9.17, 15) is 14.7 Å². The predicted molar refractivity (Wildman–Crippen MR) is 101 cm³/mol. The Morgan fingerprint density at radius 3 is 2.50 bits per heavy atom. The van der Waals surface area contributed by atoms with Crippen molar-refractivity contribution in [3.05, 3.63) is 30.0 Å². The fourth-order valence-electron chi connectivity index (χ4n) is 3.30. The van der Waals surface area contributed by atoms with Gasteiger partial charge in [-0.3, -0.25) is 14.5 Å². The predicted octanol–water partition coefficient (Wildman–Crippen LogP) is 2.14. The molecule has 0 spiro atoms. The smallest absolute Gasteiger partial charge is 0.325 e. The van der Waals surface area contributed by atoms with Crippen LogP contribution in [-0.2, 0) is 9.59 Å². The SMILES string of the molecule is CC(C)C(=O)Nc1ccc2[nH]cc([C@@H](C(=O)O)N3CCN(C)CC3)c2c1. The van der Waals surface area contributed by atoms with Crippen molar-refractivity contribution in [2.75, 3.05) is 38.5 Å². The van der Waals surface area contributed by atoms with Crippen LogP contribution in [-0.4, -0.2) is 65.0 Å². The second kappa shape index (κ2) is 7.47. The first kappa shape index (κ1) is 18.4. The van der Waals surface area contributed by atoms with Gasteiger partial charge in [0.2, 0.25) is 5.91 Å². The van der Waals surface area contributed by atoms with Gasteiger partial charge in [0.25, 0.3) is 0 Å². The topological polar surface area (TPSA) is 88.7 Å². The fourth-order valence-corrected chi connectivity index (χ4v) is 3.30. The van der Waals surface area contributed by atoms with Crippen molar-refractivity contribution in [1.29, 1.82) is 0 Å². The van der Waals surface area contributed by atoms with E-state index in [0.29, 0.717) is 18.8 Å². The highest BCUT2D eigenvalue weighted by Crippen LogP contribution is 2.31. The van der Waals surface area contributed by atoms with Crippen molar-refractivity contribution >= 4 is 28.5 Å². The summed E-state index contributed by atoms with van der Waals surface area (Å²) in [5.41, 5.74) is 2.28. The maximum atomic E-state index is 12.0. The van der Waals surface area contributed by atoms with E-state index in [1.54, 1.807) is 6.20 Å². The van der Waals surface area contributed by atoms with E-state index in [-0.39, 0.29) is 11.8 Å². The molecule has 1 aromatic carbocycles. The van der Waals surface area contributed by atoms with Crippen LogP contribution in [0, 0.1) is 5.92 Å². The molecular formula is C19H26N4O3. The number of nitrogens with one attached hydrogen (secondary N) is 2. The molecule has 1 saturated heterocycles. The molecule has 1 atom stereocenters. The summed E-state index contributed by atoms with van der Waals surface area (Å²) in [4.78, 5) is 31.4. The van der Waals surface area contributed by atoms with E-state index >= 15 is 0 Å². The van der Waals surface area contributed by atoms with Crippen LogP contribution in [0.2, 0.25) is 0 Å². The molecule has 2 aromatic rings. The lowest BCUT2D eigenvalue weighted by Crippen LogP contribution is -2.47. The van der Waals surface area contributed by atoms with E-state index in [2.05, 4.69) is 15.2 Å². The summed E-state index contributed by atoms with van der Waals surface area (Å²) in [5, 5.41) is 13.6. The van der Waals surface area contributed by atoms with Gasteiger partial charge in [0.05, 0.1) is 0 Å². The molecule has 140 valence electrons. The number of carboxylic acids is 1. The highest BCUT2D eigenvalue weighted by molar-refractivity contribution is 5.96. The number of aliphatic carboxylic acids is 1. The molecule has 7 nitrogen and oxygen atoms in total. The largest absolute Gasteiger partial charge is 0.480 e. The number of carboxylic acid groups (broad SMARTS) is 1. The molecule has 0 bridgehead atoms. The monoisotopic (exact) mass is 358 g/mol. The lowest BCUT2D eigenvalue weighted by molar-refractivity contribution is -0.144. The number of carbonyl (C=O) groups excluding carboxylic acids is 1. The molecule has 2 heterocycles. The minimum atomic E-state index is -0.855. The van der Waals surface area contributed by atoms with Gasteiger partial charge in [-0.25, -0.2) is 0 Å². The first-order valence-corrected chi connectivity index (χ1v) is 8.94. The van der Waals surface area contributed by atoms with Gasteiger partial charge >= 0.3 is 5.97 Å². The van der Waals surface area contributed by atoms with Gasteiger partial charge in [0.1, 0.15) is 6.04 Å². The van der Waals surface area contributed by atoms with E-state index < -0.39 is 12.0 Å². The maximum Gasteiger partial charge on any atom is 0.325 e. The number of rotatable bonds is 5. The maximum absolute atomic E-state index is 12.0. The molecule has 0 saturated carbocycles. The fraction of sp³-hybridized carbons (Fsp3) is 0.474. The van der Waals surface area contributed by atoms with Crippen LogP contribution < -0.4 is 5.32 Å². The number of benzene rings is 1. The Balaban J connectivity index is 1.94. The Kier molecular flexibility index (Phi) is 5.29. The lowest BCUT2D eigenvalue weighted by atomic mass is 10.0. The second-order valence-electron chi connectivity index (χ2n) is 7.23. The number of fused-ring (bicyclic) bond motifs is 1. The van der Waals surface area contributed by atoms with Crippen LogP contribution in [0.25, 0.3) is 10.9 Å². The zero-order valence-electron chi connectivity index (χ0n) is 15.5. The summed E-state index contributed by atoms with van der Waals surface area (Å²) < 4.78 is 0. The Morgan fingerprint density at radius 1 is 1.19 bits per heavy atom. The summed E-state index contributed by atoms with van der Waals surface area (Å²) in [6.45, 7) is 6.80. The highest BCUT2D eigenvalue weighted by Gasteiger charge is 2.31. The molecule has 1 fully saturated rings. The van der Waals surface area contributed by atoms with Crippen LogP contribution in [0.3, 0.4) is 0 Å². The molecule has 0 unspecified atom stereocenters. The third-order valence-corrected chi connectivity index (χ3v) is 4.94. The number of hydrogen-bond acceptors (Lipinski definition) is 4. The Hall–Kier alpha value is -2.38. The molecule has 0 aliphatic carbocycles. The zero-order chi connectivity index (χ0) is 18.8. The standard InChI is InChI=1S/C19H26N4O3/c1-12(2)18(24)21-13-4-5-16-14(10-13)15(11-20-16)17(19(25)26)23-8-6-22(3)7-9-23/h4-5,10-12,17,20H,6-9H2,1-3H3,(H,21,24)(H,25,26)/t17-/m0/s1. The normalized spacial score (nSPS) is 17.5. The van der Waals surface area contributed by atoms with Crippen molar-refractivity contribution in [1.82, 2.24) is 14.8 Å². The first-order chi connectivity index (χ1) is 12.4. The van der Waals surface area contributed by atoms with Gasteiger partial charge in [-0.1, -0.05) is 13.8 Å². The number of amides is 1. The molecule has 3 rings (SSSR count). The average molecular weight is 358 g/mol. The third-order valence-electron chi connectivity index (χ3n) is 4.94. The molecule has 0 radical (unpaired) electrons. The number of aromatic nitrogens is 1. The zero-order valence-corrected chi connectivity index (χ0v) is 15.5. The summed E-state index contributed by atoms with van der Waals surface area (Å²) in [6, 6.07) is 4.85. The van der Waals surface area contributed by atoms with Gasteiger partial charge in [0.15, 0.2) is 0 Å². The Bertz CT molecular complexity index is 806. The number of aromatic amines is 1. The number of carbonyl (C=O) groups is 2. The molecule has 7 heteroatoms. The van der Waals surface area contributed by atoms with Gasteiger partial charge in [0, 0.05) is 60.4 Å². The van der Waals surface area contributed by atoms with Crippen LogP contribution in [0.1, 0.15) is 25.5 Å². The minimum Gasteiger partial charge on any atom is -0.480 e. The summed E-state index contributed by atoms with van der Waals surface area (Å²) >= 11 is 0. The molecule has 1 aliphatic rings. The number of hydrogen-bond donors (Lipinski definition) is 3. The summed E-state index contributed by atoms with van der Waals surface area (Å²) in [5.74, 6) is -1.03. The molecule has 1 amide bonds. The summed E-state index contributed by atoms with van der Waals surface area (Å²) in [7, 11) is 2.04. The van der Waals surface area contributed by atoms with Gasteiger partial charge in [-0.05, 0) is 25.2 Å². The minimum absolute atomic E-state index is 0.0599. The van der Waals surface area contributed by atoms with Crippen molar-refractivity contribution in [2.24, 2.45) is 5.92 Å². The molecule has 26 heavy (non-hydrogen) atoms. The number of anilines is 1. The lowest BCUT2D eigenvalue weighted by Gasteiger charge is -2.36. The molecular weight excluding hydrogens is 332 g/mol. The number of piperazine rings is 1. The Morgan fingerprint density at radius 2 is 1.88 bits per heavy atom. The number of H-pyrrole nitrogens is 1. The first-order valence-electron chi connectivity index (χ1n) is 8.94. The van der Waals surface area contributed by atoms with Crippen LogP contribution in [0.5, 0.6) is 0 Å². The van der Waals surface area contributed by atoms with E-state index in [1.807, 2.05) is 44.0 Å². The van der Waals surface area contributed by atoms with Gasteiger partial charge in [-0.15, -0.1) is 0 Å². The van der Waals surface area contributed by atoms with Crippen LogP contribution >= 0.6 is 0 Å². The van der Waals surface area contributed by atoms with Gasteiger partial charge in [-0.2, -0.15) is 0 Å². The van der Waals surface area contributed by atoms with Crippen molar-refractivity contribution < 1.29 is 14.7 Å². The summed E-state index contributed by atoms with van der Waals surface area (Å²) in [6.07, 6.45) is 1.77. The second-order valence-corrected chi connectivity index (χ2v) is 7.23. The molecule has 1 aliphatic heterocycles. The van der Waals surface area contributed by atoms with Gasteiger partial charge < -0.3 is 20.3 Å². The van der Waals surface area contributed by atoms with E-state index in [0.717, 1.165) is 29.6 Å². The van der Waals surface area contributed by atoms with Crippen molar-refractivity contribution in [3.8, 4) is 0 Å². The van der Waals surface area contributed by atoms with E-state index in [1.165, 1.54) is 0 Å². The van der Waals surface area contributed by atoms with E-state index in [4.69, 9.17) is 0 Å². The number of likely N-dealkylation sites (N-methyl/N-ethyl adjacent to an activating group) is 1. The van der Waals surface area contributed by atoms with Crippen LogP contribution in [0.4, 0.5) is 5.69 Å². The quantitative estimate of drug-likeness (QED) is 0.762. The number of nitrogens with zero attached hydrogens (tertiary/aromatic N) is 2. The highest BCUT2D eigenvalue weighted by atomic mass is 16.4.